The number of rotatable bonds is 11. The maximum atomic E-state index is 12.9. The molecule has 0 saturated carbocycles. The van der Waals surface area contributed by atoms with Crippen LogP contribution < -0.4 is 14.2 Å². The normalized spacial score (nSPS) is 14.2. The third-order valence-corrected chi connectivity index (χ3v) is 5.58. The molecule has 0 N–H and O–H groups in total. The molecule has 1 fully saturated rings. The molecule has 2 aromatic rings. The molecule has 0 unspecified atom stereocenters. The van der Waals surface area contributed by atoms with Crippen LogP contribution in [-0.4, -0.2) is 74.4 Å². The lowest BCUT2D eigenvalue weighted by Gasteiger charge is -2.27. The van der Waals surface area contributed by atoms with Crippen molar-refractivity contribution in [3.63, 3.8) is 0 Å². The number of ether oxygens (including phenoxy) is 4. The third-order valence-electron chi connectivity index (χ3n) is 5.58. The van der Waals surface area contributed by atoms with Gasteiger partial charge in [0.1, 0.15) is 6.61 Å². The zero-order valence-corrected chi connectivity index (χ0v) is 20.1. The zero-order valence-electron chi connectivity index (χ0n) is 20.1. The molecular weight excluding hydrogens is 422 g/mol. The van der Waals surface area contributed by atoms with Crippen molar-refractivity contribution in [2.45, 2.75) is 26.9 Å². The van der Waals surface area contributed by atoms with E-state index in [0.29, 0.717) is 36.9 Å². The number of aromatic nitrogens is 1. The van der Waals surface area contributed by atoms with Gasteiger partial charge in [-0.1, -0.05) is 13.8 Å². The van der Waals surface area contributed by atoms with Crippen LogP contribution in [0.25, 0.3) is 0 Å². The summed E-state index contributed by atoms with van der Waals surface area (Å²) in [5.41, 5.74) is 1.94. The fourth-order valence-electron chi connectivity index (χ4n) is 3.78. The minimum Gasteiger partial charge on any atom is -0.493 e. The number of amides is 1. The van der Waals surface area contributed by atoms with E-state index in [4.69, 9.17) is 18.9 Å². The zero-order chi connectivity index (χ0) is 23.6. The van der Waals surface area contributed by atoms with E-state index in [-0.39, 0.29) is 11.8 Å². The second-order valence-corrected chi connectivity index (χ2v) is 8.34. The number of carbonyl (C=O) groups is 1. The fourth-order valence-corrected chi connectivity index (χ4v) is 3.78. The molecule has 0 aliphatic carbocycles. The maximum Gasteiger partial charge on any atom is 0.225 e. The van der Waals surface area contributed by atoms with Crippen LogP contribution in [0.1, 0.15) is 25.0 Å². The summed E-state index contributed by atoms with van der Waals surface area (Å²) in [7, 11) is 3.22. The van der Waals surface area contributed by atoms with Crippen LogP contribution >= 0.6 is 0 Å². The molecule has 1 aliphatic heterocycles. The Bertz CT molecular complexity index is 860. The van der Waals surface area contributed by atoms with Gasteiger partial charge < -0.3 is 23.8 Å². The van der Waals surface area contributed by atoms with Gasteiger partial charge in [-0.2, -0.15) is 0 Å². The van der Waals surface area contributed by atoms with Crippen LogP contribution in [0.15, 0.2) is 36.7 Å². The number of pyridine rings is 1. The molecule has 1 aliphatic rings. The van der Waals surface area contributed by atoms with Gasteiger partial charge in [0.25, 0.3) is 0 Å². The van der Waals surface area contributed by atoms with Gasteiger partial charge in [0, 0.05) is 51.0 Å². The van der Waals surface area contributed by atoms with Crippen LogP contribution in [0, 0.1) is 5.92 Å². The van der Waals surface area contributed by atoms with E-state index in [1.165, 1.54) is 0 Å². The van der Waals surface area contributed by atoms with Crippen LogP contribution in [0.2, 0.25) is 0 Å². The molecule has 0 spiro atoms. The second-order valence-electron chi connectivity index (χ2n) is 8.34. The van der Waals surface area contributed by atoms with Crippen molar-refractivity contribution in [1.29, 1.82) is 0 Å². The molecule has 8 heteroatoms. The van der Waals surface area contributed by atoms with E-state index in [0.717, 1.165) is 44.0 Å². The first-order chi connectivity index (χ1) is 16.0. The van der Waals surface area contributed by atoms with E-state index < -0.39 is 0 Å². The van der Waals surface area contributed by atoms with Crippen molar-refractivity contribution in [3.8, 4) is 17.2 Å². The maximum absolute atomic E-state index is 12.9. The van der Waals surface area contributed by atoms with E-state index in [2.05, 4.69) is 9.88 Å². The van der Waals surface area contributed by atoms with Crippen LogP contribution in [0.5, 0.6) is 17.2 Å². The summed E-state index contributed by atoms with van der Waals surface area (Å²) in [5, 5.41) is 0. The van der Waals surface area contributed by atoms with Gasteiger partial charge in [-0.15, -0.1) is 0 Å². The van der Waals surface area contributed by atoms with Crippen molar-refractivity contribution < 1.29 is 23.7 Å². The van der Waals surface area contributed by atoms with Crippen molar-refractivity contribution in [1.82, 2.24) is 14.8 Å². The smallest absolute Gasteiger partial charge is 0.225 e. The fraction of sp³-hybridized carbons (Fsp3) is 0.520. The third kappa shape index (κ3) is 7.07. The standard InChI is InChI=1S/C25H35N3O5/c1-19(2)25(29)28(17-20-5-7-26-8-6-20)18-21-15-22(30-3)24(23(16-21)31-4)33-14-11-27-9-12-32-13-10-27/h5-8,15-16,19H,9-14,17-18H2,1-4H3. The molecule has 1 aromatic heterocycles. The van der Waals surface area contributed by atoms with E-state index in [9.17, 15) is 4.79 Å². The Morgan fingerprint density at radius 3 is 2.24 bits per heavy atom. The Kier molecular flexibility index (Phi) is 9.33. The summed E-state index contributed by atoms with van der Waals surface area (Å²) < 4.78 is 22.7. The first-order valence-electron chi connectivity index (χ1n) is 11.4. The summed E-state index contributed by atoms with van der Waals surface area (Å²) in [6.07, 6.45) is 3.48. The summed E-state index contributed by atoms with van der Waals surface area (Å²) in [6.45, 7) is 9.41. The average molecular weight is 458 g/mol. The molecular formula is C25H35N3O5. The van der Waals surface area contributed by atoms with Gasteiger partial charge >= 0.3 is 0 Å². The number of nitrogens with zero attached hydrogens (tertiary/aromatic N) is 3. The summed E-state index contributed by atoms with van der Waals surface area (Å²) in [6, 6.07) is 7.68. The highest BCUT2D eigenvalue weighted by molar-refractivity contribution is 5.78. The Morgan fingerprint density at radius 1 is 1.06 bits per heavy atom. The van der Waals surface area contributed by atoms with Crippen molar-refractivity contribution >= 4 is 5.91 Å². The molecule has 0 bridgehead atoms. The lowest BCUT2D eigenvalue weighted by molar-refractivity contribution is -0.135. The first-order valence-corrected chi connectivity index (χ1v) is 11.4. The number of methoxy groups -OCH3 is 2. The molecule has 3 rings (SSSR count). The topological polar surface area (TPSA) is 73.4 Å². The van der Waals surface area contributed by atoms with Gasteiger partial charge in [-0.25, -0.2) is 0 Å². The predicted molar refractivity (Wildman–Crippen MR) is 126 cm³/mol. The van der Waals surface area contributed by atoms with E-state index in [1.807, 2.05) is 43.0 Å². The Balaban J connectivity index is 1.75. The number of morpholine rings is 1. The molecule has 180 valence electrons. The van der Waals surface area contributed by atoms with E-state index >= 15 is 0 Å². The molecule has 33 heavy (non-hydrogen) atoms. The Hall–Kier alpha value is -2.84. The minimum atomic E-state index is -0.113. The largest absolute Gasteiger partial charge is 0.493 e. The van der Waals surface area contributed by atoms with Crippen molar-refractivity contribution in [2.24, 2.45) is 5.92 Å². The quantitative estimate of drug-likeness (QED) is 0.514. The highest BCUT2D eigenvalue weighted by Crippen LogP contribution is 2.39. The summed E-state index contributed by atoms with van der Waals surface area (Å²) >= 11 is 0. The monoisotopic (exact) mass is 457 g/mol. The van der Waals surface area contributed by atoms with Crippen LogP contribution in [-0.2, 0) is 22.6 Å². The van der Waals surface area contributed by atoms with Crippen molar-refractivity contribution in [2.75, 3.05) is 53.7 Å². The Labute approximate surface area is 196 Å². The second kappa shape index (κ2) is 12.4. The molecule has 0 radical (unpaired) electrons. The predicted octanol–water partition coefficient (Wildman–Crippen LogP) is 2.99. The molecule has 8 nitrogen and oxygen atoms in total. The average Bonchev–Trinajstić information content (AvgIpc) is 2.84. The SMILES string of the molecule is COc1cc(CN(Cc2ccncc2)C(=O)C(C)C)cc(OC)c1OCCN1CCOCC1. The van der Waals surface area contributed by atoms with Crippen molar-refractivity contribution in [3.05, 3.63) is 47.8 Å². The van der Waals surface area contributed by atoms with Gasteiger partial charge in [-0.05, 0) is 35.4 Å². The van der Waals surface area contributed by atoms with Gasteiger partial charge in [0.05, 0.1) is 27.4 Å². The first kappa shape index (κ1) is 24.8. The molecule has 1 aromatic carbocycles. The lowest BCUT2D eigenvalue weighted by Crippen LogP contribution is -2.38. The number of hydrogen-bond acceptors (Lipinski definition) is 7. The van der Waals surface area contributed by atoms with Crippen LogP contribution in [0.3, 0.4) is 0 Å². The van der Waals surface area contributed by atoms with Gasteiger partial charge in [-0.3, -0.25) is 14.7 Å². The van der Waals surface area contributed by atoms with E-state index in [1.54, 1.807) is 26.6 Å². The number of carbonyl (C=O) groups excluding carboxylic acids is 1. The highest BCUT2D eigenvalue weighted by atomic mass is 16.5. The minimum absolute atomic E-state index is 0.0792. The van der Waals surface area contributed by atoms with Crippen LogP contribution in [0.4, 0.5) is 0 Å². The lowest BCUT2D eigenvalue weighted by atomic mass is 10.1. The summed E-state index contributed by atoms with van der Waals surface area (Å²) in [5.74, 6) is 1.72. The highest BCUT2D eigenvalue weighted by Gasteiger charge is 2.21. The van der Waals surface area contributed by atoms with Gasteiger partial charge in [0.15, 0.2) is 11.5 Å². The Morgan fingerprint density at radius 2 is 1.67 bits per heavy atom. The van der Waals surface area contributed by atoms with Gasteiger partial charge in [0.2, 0.25) is 11.7 Å². The summed E-state index contributed by atoms with van der Waals surface area (Å²) in [4.78, 5) is 21.1. The molecule has 0 atom stereocenters. The number of benzene rings is 1. The molecule has 2 heterocycles. The molecule has 1 saturated heterocycles. The number of hydrogen-bond donors (Lipinski definition) is 0. The molecule has 1 amide bonds.